The van der Waals surface area contributed by atoms with Gasteiger partial charge in [-0.05, 0) is 179 Å². The Balaban J connectivity index is 0.00000504. The first-order valence-corrected chi connectivity index (χ1v) is 32.4. The number of aliphatic hydroxyl groups excluding tert-OH is 2. The topological polar surface area (TPSA) is 237 Å². The molecule has 2 N–H and O–H groups in total. The molecule has 436 valence electrons. The number of fused-ring (bicyclic) bond motifs is 6. The molecule has 0 aromatic rings. The third-order valence-electron chi connectivity index (χ3n) is 21.3. The smallest absolute Gasteiger partial charge is 0.746 e. The number of hydrogen-bond acceptors (Lipinski definition) is 16. The molecule has 20 heteroatoms. The number of allylic oxidation sites excluding steroid dienone is 3. The maximum atomic E-state index is 13.8. The van der Waals surface area contributed by atoms with E-state index in [1.54, 1.807) is 0 Å². The van der Waals surface area contributed by atoms with Gasteiger partial charge in [0, 0.05) is 12.3 Å². The van der Waals surface area contributed by atoms with Crippen LogP contribution in [0.1, 0.15) is 185 Å². The van der Waals surface area contributed by atoms with Crippen LogP contribution in [0.15, 0.2) is 35.3 Å². The fourth-order valence-corrected chi connectivity index (χ4v) is 18.1. The third kappa shape index (κ3) is 15.0. The number of phosphoric ester groups is 2. The molecule has 16 nitrogen and oxygen atoms in total. The Hall–Kier alpha value is -0.550. The summed E-state index contributed by atoms with van der Waals surface area (Å²) in [6.45, 7) is 23.4. The normalized spacial score (nSPS) is 38.8. The van der Waals surface area contributed by atoms with Crippen LogP contribution in [0.2, 0.25) is 0 Å². The number of carbonyl (C=O) groups is 3. The van der Waals surface area contributed by atoms with E-state index in [1.165, 1.54) is 38.5 Å². The molecule has 0 amide bonds. The zero-order chi connectivity index (χ0) is 56.2. The van der Waals surface area contributed by atoms with E-state index in [2.05, 4.69) is 73.6 Å². The molecule has 1 saturated heterocycles. The van der Waals surface area contributed by atoms with Gasteiger partial charge in [-0.15, -0.1) is 0 Å². The molecule has 0 aromatic carbocycles. The molecule has 79 heavy (non-hydrogen) atoms. The van der Waals surface area contributed by atoms with Crippen molar-refractivity contribution in [3.63, 3.8) is 0 Å². The summed E-state index contributed by atoms with van der Waals surface area (Å²) >= 11 is 0. The number of esters is 3. The van der Waals surface area contributed by atoms with Crippen molar-refractivity contribution in [3.05, 3.63) is 35.3 Å². The average Bonchev–Trinajstić information content (AvgIpc) is 4.11. The monoisotopic (exact) mass is 1160 g/mol. The Kier molecular flexibility index (Phi) is 23.1. The summed E-state index contributed by atoms with van der Waals surface area (Å²) < 4.78 is 66.3. The van der Waals surface area contributed by atoms with Gasteiger partial charge < -0.3 is 52.3 Å². The number of cyclic esters (lactones) is 2. The van der Waals surface area contributed by atoms with Gasteiger partial charge in [0.25, 0.3) is 5.76 Å². The second-order valence-electron chi connectivity index (χ2n) is 26.8. The molecule has 8 aliphatic rings. The Morgan fingerprint density at radius 1 is 0.861 bits per heavy atom. The summed E-state index contributed by atoms with van der Waals surface area (Å²) in [7, 11) is -11.1. The Morgan fingerprint density at radius 3 is 2.22 bits per heavy atom. The van der Waals surface area contributed by atoms with E-state index in [4.69, 9.17) is 32.3 Å². The molecule has 5 fully saturated rings. The molecule has 4 saturated carbocycles. The zero-order valence-corrected chi connectivity index (χ0v) is 55.6. The fraction of sp³-hybridized carbons (Fsp3) is 0.847. The molecule has 0 spiro atoms. The molecule has 7 unspecified atom stereocenters. The number of phosphoric acid groups is 2. The zero-order valence-electron chi connectivity index (χ0n) is 49.9. The number of carbonyl (C=O) groups excluding carboxylic acids is 3. The standard InChI is InChI=1S/C59H94O16P2.2Na/c1-12-57(8,9)56(64)70-49-28-34(4)27-38-16-15-36(6)43(51(38)49)20-18-40-30-42(31-50(62)69-40)73-77(67,68)74-53-52(48(61)32-60)71-55(63)54(53)75-76(65,66)72-41-23-25-58(10)39(29-41)17-19-44-46-22-21-45(59(46,11)26-24-47(44)58)37(7)14-13-35(5)33(2)3;;/h15-16,27,33-37,39-49,51-52,60-61H,12-14,17-26,28-32H2,1-11H3,(H,65,66)(H,67,68);;/q;2*+1/p-2/t34-,35+,36-,37+,39-,40+,41?,42?,43-,44-,45?,46-,47-,48?,49-,51-,52?,58-,59+;;/m0../s1. The first-order chi connectivity index (χ1) is 36.1. The minimum Gasteiger partial charge on any atom is -0.746 e. The van der Waals surface area contributed by atoms with E-state index in [-0.39, 0.29) is 113 Å². The van der Waals surface area contributed by atoms with E-state index in [0.29, 0.717) is 73.5 Å². The van der Waals surface area contributed by atoms with Gasteiger partial charge in [-0.1, -0.05) is 93.4 Å². The molecule has 2 heterocycles. The number of rotatable bonds is 21. The van der Waals surface area contributed by atoms with Crippen molar-refractivity contribution in [1.82, 2.24) is 0 Å². The summed E-state index contributed by atoms with van der Waals surface area (Å²) in [4.78, 5) is 67.2. The van der Waals surface area contributed by atoms with Crippen molar-refractivity contribution in [2.45, 2.75) is 222 Å². The summed E-state index contributed by atoms with van der Waals surface area (Å²) in [5.41, 5.74) is 0.794. The second-order valence-corrected chi connectivity index (χ2v) is 29.4. The molecule has 8 rings (SSSR count). The van der Waals surface area contributed by atoms with Crippen molar-refractivity contribution >= 4 is 33.6 Å². The quantitative estimate of drug-likeness (QED) is 0.0678. The Bertz CT molecular complexity index is 2360. The SMILES string of the molecule is CCC(C)(C)C(=O)O[C@H]1C[C@@H](C)C=C2C=C[C@H](C)[C@H](CC[C@@H]3CC(OP(=O)([O-])OC4=C(OP(=O)([O-])OC5CC[C@@]6(C)[C@@H](CC[C@@H]7[C@@H]6CC[C@]6(C)C([C@H](C)CC[C@@H](C)C(C)C)CC[C@@H]76)C5)C(=O)OC4C(O)CO)CC(=O)O3)[C@H]21.[Na+].[Na+]. The van der Waals surface area contributed by atoms with Gasteiger partial charge in [0.15, 0.2) is 11.9 Å². The maximum Gasteiger partial charge on any atom is 1.00 e. The van der Waals surface area contributed by atoms with Crippen molar-refractivity contribution < 1.29 is 135 Å². The van der Waals surface area contributed by atoms with Crippen molar-refractivity contribution in [3.8, 4) is 0 Å². The van der Waals surface area contributed by atoms with Gasteiger partial charge >= 0.3 is 92.7 Å². The minimum atomic E-state index is -5.62. The molecule has 21 atom stereocenters. The maximum absolute atomic E-state index is 13.8. The van der Waals surface area contributed by atoms with Crippen molar-refractivity contribution in [2.75, 3.05) is 6.61 Å². The van der Waals surface area contributed by atoms with Gasteiger partial charge in [-0.3, -0.25) is 18.7 Å². The van der Waals surface area contributed by atoms with Gasteiger partial charge in [0.1, 0.15) is 18.3 Å². The van der Waals surface area contributed by atoms with Crippen LogP contribution < -0.4 is 68.9 Å². The number of ether oxygens (including phenoxy) is 3. The summed E-state index contributed by atoms with van der Waals surface area (Å²) in [5.74, 6) is 0.456. The molecule has 0 bridgehead atoms. The van der Waals surface area contributed by atoms with Crippen LogP contribution >= 0.6 is 15.6 Å². The van der Waals surface area contributed by atoms with Crippen molar-refractivity contribution in [1.29, 1.82) is 0 Å². The minimum absolute atomic E-state index is 0. The van der Waals surface area contributed by atoms with E-state index in [0.717, 1.165) is 36.7 Å². The van der Waals surface area contributed by atoms with Gasteiger partial charge in [-0.2, -0.15) is 0 Å². The predicted octanol–water partition coefficient (Wildman–Crippen LogP) is 4.83. The van der Waals surface area contributed by atoms with Crippen LogP contribution in [0.4, 0.5) is 0 Å². The first kappa shape index (κ1) is 67.6. The van der Waals surface area contributed by atoms with E-state index in [9.17, 15) is 43.5 Å². The van der Waals surface area contributed by atoms with Crippen LogP contribution in [-0.2, 0) is 55.8 Å². The molecule has 2 aliphatic heterocycles. The van der Waals surface area contributed by atoms with Crippen LogP contribution in [0.5, 0.6) is 0 Å². The molecule has 0 aromatic heterocycles. The molecule has 0 radical (unpaired) electrons. The average molecular weight is 1170 g/mol. The summed E-state index contributed by atoms with van der Waals surface area (Å²) in [5, 5.41) is 20.5. The molecule has 6 aliphatic carbocycles. The van der Waals surface area contributed by atoms with E-state index in [1.807, 2.05) is 20.8 Å². The molecular formula is C59H92Na2O16P2. The fourth-order valence-electron chi connectivity index (χ4n) is 16.1. The van der Waals surface area contributed by atoms with Crippen LogP contribution in [-0.4, -0.2) is 71.4 Å². The van der Waals surface area contributed by atoms with Gasteiger partial charge in [0.05, 0.1) is 30.7 Å². The second kappa shape index (κ2) is 27.0. The van der Waals surface area contributed by atoms with Crippen LogP contribution in [0, 0.1) is 87.3 Å². The van der Waals surface area contributed by atoms with E-state index < -0.39 is 88.1 Å². The first-order valence-electron chi connectivity index (χ1n) is 29.5. The summed E-state index contributed by atoms with van der Waals surface area (Å²) in [6.07, 6.45) is 12.3. The largest absolute Gasteiger partial charge is 1.00 e. The van der Waals surface area contributed by atoms with Gasteiger partial charge in [-0.25, -0.2) is 4.79 Å². The number of aliphatic hydroxyl groups is 2. The van der Waals surface area contributed by atoms with Crippen LogP contribution in [0.3, 0.4) is 0 Å². The molecular weight excluding hydrogens is 1070 g/mol. The number of hydrogen-bond donors (Lipinski definition) is 2. The Labute approximate surface area is 515 Å². The Morgan fingerprint density at radius 2 is 1.53 bits per heavy atom. The predicted molar refractivity (Wildman–Crippen MR) is 284 cm³/mol. The summed E-state index contributed by atoms with van der Waals surface area (Å²) in [6, 6.07) is 0. The van der Waals surface area contributed by atoms with E-state index >= 15 is 0 Å². The van der Waals surface area contributed by atoms with Gasteiger partial charge in [0.2, 0.25) is 0 Å². The van der Waals surface area contributed by atoms with Crippen molar-refractivity contribution in [2.24, 2.45) is 87.3 Å². The van der Waals surface area contributed by atoms with Crippen LogP contribution in [0.25, 0.3) is 0 Å². The third-order valence-corrected chi connectivity index (χ3v) is 23.3.